The summed E-state index contributed by atoms with van der Waals surface area (Å²) in [7, 11) is 0. The van der Waals surface area contributed by atoms with E-state index in [0.717, 1.165) is 0 Å². The fourth-order valence-corrected chi connectivity index (χ4v) is 3.34. The zero-order chi connectivity index (χ0) is 21.8. The third kappa shape index (κ3) is 3.78. The zero-order valence-corrected chi connectivity index (χ0v) is 16.7. The quantitative estimate of drug-likeness (QED) is 0.557. The number of nitrogens with two attached hydrogens (primary N) is 1. The van der Waals surface area contributed by atoms with Crippen LogP contribution >= 0.6 is 0 Å². The second-order valence-electron chi connectivity index (χ2n) is 6.52. The van der Waals surface area contributed by atoms with Crippen molar-refractivity contribution in [2.24, 2.45) is 5.73 Å². The smallest absolute Gasteiger partial charge is 0.338 e. The van der Waals surface area contributed by atoms with Crippen LogP contribution in [-0.2, 0) is 14.3 Å². The van der Waals surface area contributed by atoms with Crippen LogP contribution in [0.1, 0.15) is 25.3 Å². The highest BCUT2D eigenvalue weighted by Crippen LogP contribution is 2.39. The van der Waals surface area contributed by atoms with Crippen LogP contribution in [0.3, 0.4) is 0 Å². The molecule has 3 N–H and O–H groups in total. The molecule has 1 aliphatic heterocycles. The average molecular weight is 407 g/mol. The van der Waals surface area contributed by atoms with Crippen molar-refractivity contribution in [1.29, 1.82) is 5.26 Å². The Morgan fingerprint density at radius 3 is 2.87 bits per heavy atom. The van der Waals surface area contributed by atoms with E-state index in [0.29, 0.717) is 23.3 Å². The van der Waals surface area contributed by atoms with E-state index < -0.39 is 17.4 Å². The highest BCUT2D eigenvalue weighted by atomic mass is 16.5. The number of nitrogens with one attached hydrogen (secondary N) is 1. The molecule has 0 bridgehead atoms. The second-order valence-corrected chi connectivity index (χ2v) is 6.52. The number of hydrogen-bond donors (Lipinski definition) is 2. The first-order chi connectivity index (χ1) is 14.4. The summed E-state index contributed by atoms with van der Waals surface area (Å²) in [4.78, 5) is 28.4. The van der Waals surface area contributed by atoms with Crippen molar-refractivity contribution < 1.29 is 19.0 Å². The summed E-state index contributed by atoms with van der Waals surface area (Å²) in [6.45, 7) is 7.37. The minimum Gasteiger partial charge on any atom is -0.494 e. The number of carbonyl (C=O) groups is 1. The fourth-order valence-electron chi connectivity index (χ4n) is 3.34. The molecule has 2 aromatic rings. The molecule has 8 heteroatoms. The Kier molecular flexibility index (Phi) is 5.93. The van der Waals surface area contributed by atoms with E-state index in [9.17, 15) is 14.9 Å². The Hall–Kier alpha value is -3.99. The lowest BCUT2D eigenvalue weighted by Crippen LogP contribution is -2.29. The molecule has 1 aliphatic rings. The van der Waals surface area contributed by atoms with Crippen molar-refractivity contribution in [3.05, 3.63) is 75.6 Å². The van der Waals surface area contributed by atoms with Gasteiger partial charge in [0.25, 0.3) is 5.56 Å². The normalized spacial score (nSPS) is 16.1. The summed E-state index contributed by atoms with van der Waals surface area (Å²) in [5.74, 6) is -1.14. The SMILES string of the molecule is C=CCOC(=O)C1=C(C)OC(N)=C(C#N)[C@H]1c1cc2cc(OCC)ccc2[nH]c1=O. The summed E-state index contributed by atoms with van der Waals surface area (Å²) < 4.78 is 16.1. The van der Waals surface area contributed by atoms with Gasteiger partial charge in [0, 0.05) is 16.5 Å². The van der Waals surface area contributed by atoms with Gasteiger partial charge in [0.1, 0.15) is 29.8 Å². The van der Waals surface area contributed by atoms with E-state index in [4.69, 9.17) is 19.9 Å². The van der Waals surface area contributed by atoms with Crippen molar-refractivity contribution in [3.63, 3.8) is 0 Å². The molecule has 0 spiro atoms. The van der Waals surface area contributed by atoms with Crippen LogP contribution in [0.5, 0.6) is 5.75 Å². The molecule has 1 atom stereocenters. The van der Waals surface area contributed by atoms with Gasteiger partial charge in [-0.3, -0.25) is 4.79 Å². The molecule has 0 fully saturated rings. The van der Waals surface area contributed by atoms with Crippen LogP contribution in [0.4, 0.5) is 0 Å². The average Bonchev–Trinajstić information content (AvgIpc) is 2.71. The Bertz CT molecular complexity index is 1180. The van der Waals surface area contributed by atoms with Crippen LogP contribution < -0.4 is 16.0 Å². The van der Waals surface area contributed by atoms with E-state index in [-0.39, 0.29) is 35.0 Å². The molecule has 3 rings (SSSR count). The number of carbonyl (C=O) groups excluding carboxylic acids is 1. The number of H-pyrrole nitrogens is 1. The Morgan fingerprint density at radius 1 is 1.43 bits per heavy atom. The Labute approximate surface area is 172 Å². The molecule has 0 saturated heterocycles. The molecule has 1 aromatic heterocycles. The van der Waals surface area contributed by atoms with Gasteiger partial charge in [-0.15, -0.1) is 0 Å². The number of ether oxygens (including phenoxy) is 3. The second kappa shape index (κ2) is 8.57. The predicted octanol–water partition coefficient (Wildman–Crippen LogP) is 2.74. The van der Waals surface area contributed by atoms with Crippen molar-refractivity contribution in [2.45, 2.75) is 19.8 Å². The molecule has 0 aliphatic carbocycles. The summed E-state index contributed by atoms with van der Waals surface area (Å²) in [5, 5.41) is 10.4. The molecule has 0 radical (unpaired) electrons. The first-order valence-electron chi connectivity index (χ1n) is 9.27. The van der Waals surface area contributed by atoms with Gasteiger partial charge in [0.15, 0.2) is 0 Å². The van der Waals surface area contributed by atoms with Crippen LogP contribution in [0.15, 0.2) is 64.5 Å². The van der Waals surface area contributed by atoms with Gasteiger partial charge in [0.05, 0.1) is 18.1 Å². The van der Waals surface area contributed by atoms with Gasteiger partial charge in [-0.25, -0.2) is 4.79 Å². The topological polar surface area (TPSA) is 127 Å². The molecule has 2 heterocycles. The van der Waals surface area contributed by atoms with Crippen LogP contribution in [0, 0.1) is 11.3 Å². The van der Waals surface area contributed by atoms with E-state index in [2.05, 4.69) is 11.6 Å². The standard InChI is InChI=1S/C22H21N3O5/c1-4-8-29-22(27)18-12(3)30-20(24)16(11-23)19(18)15-10-13-9-14(28-5-2)6-7-17(13)25-21(15)26/h4,6-7,9-10,19H,1,5,8,24H2,2-3H3,(H,25,26)/t19-/m1/s1. The van der Waals surface area contributed by atoms with E-state index in [1.165, 1.54) is 13.0 Å². The highest BCUT2D eigenvalue weighted by Gasteiger charge is 2.37. The van der Waals surface area contributed by atoms with Crippen LogP contribution in [0.2, 0.25) is 0 Å². The molecule has 8 nitrogen and oxygen atoms in total. The summed E-state index contributed by atoms with van der Waals surface area (Å²) in [6.07, 6.45) is 1.42. The van der Waals surface area contributed by atoms with Crippen molar-refractivity contribution in [1.82, 2.24) is 4.98 Å². The van der Waals surface area contributed by atoms with Gasteiger partial charge in [-0.1, -0.05) is 12.7 Å². The lowest BCUT2D eigenvalue weighted by atomic mass is 9.83. The number of allylic oxidation sites excluding steroid dienone is 2. The molecule has 0 unspecified atom stereocenters. The maximum absolute atomic E-state index is 12.9. The monoisotopic (exact) mass is 407 g/mol. The Morgan fingerprint density at radius 2 is 2.20 bits per heavy atom. The summed E-state index contributed by atoms with van der Waals surface area (Å²) in [5.41, 5.74) is 6.19. The van der Waals surface area contributed by atoms with Crippen molar-refractivity contribution in [2.75, 3.05) is 13.2 Å². The number of fused-ring (bicyclic) bond motifs is 1. The fraction of sp³-hybridized carbons (Fsp3) is 0.227. The molecular weight excluding hydrogens is 386 g/mol. The van der Waals surface area contributed by atoms with Crippen LogP contribution in [0.25, 0.3) is 10.9 Å². The molecule has 0 saturated carbocycles. The first-order valence-corrected chi connectivity index (χ1v) is 9.27. The predicted molar refractivity (Wildman–Crippen MR) is 110 cm³/mol. The maximum atomic E-state index is 12.9. The van der Waals surface area contributed by atoms with E-state index in [1.54, 1.807) is 24.3 Å². The number of esters is 1. The van der Waals surface area contributed by atoms with Gasteiger partial charge in [-0.05, 0) is 38.1 Å². The van der Waals surface area contributed by atoms with Gasteiger partial charge in [0.2, 0.25) is 5.88 Å². The summed E-state index contributed by atoms with van der Waals surface area (Å²) in [6, 6.07) is 8.82. The van der Waals surface area contributed by atoms with E-state index in [1.807, 2.05) is 13.0 Å². The number of hydrogen-bond acceptors (Lipinski definition) is 7. The number of benzene rings is 1. The largest absolute Gasteiger partial charge is 0.494 e. The zero-order valence-electron chi connectivity index (χ0n) is 16.7. The number of rotatable bonds is 6. The minimum absolute atomic E-state index is 0.0325. The third-order valence-corrected chi connectivity index (χ3v) is 4.62. The van der Waals surface area contributed by atoms with Gasteiger partial charge >= 0.3 is 5.97 Å². The number of aromatic amines is 1. The lowest BCUT2D eigenvalue weighted by molar-refractivity contribution is -0.138. The van der Waals surface area contributed by atoms with Gasteiger partial charge < -0.3 is 24.9 Å². The minimum atomic E-state index is -1.04. The third-order valence-electron chi connectivity index (χ3n) is 4.62. The molecule has 0 amide bonds. The number of nitriles is 1. The van der Waals surface area contributed by atoms with E-state index >= 15 is 0 Å². The van der Waals surface area contributed by atoms with Crippen molar-refractivity contribution >= 4 is 16.9 Å². The molecular formula is C22H21N3O5. The maximum Gasteiger partial charge on any atom is 0.338 e. The number of pyridine rings is 1. The number of nitrogens with zero attached hydrogens (tertiary/aromatic N) is 1. The van der Waals surface area contributed by atoms with Gasteiger partial charge in [-0.2, -0.15) is 5.26 Å². The first kappa shape index (κ1) is 20.7. The number of aromatic nitrogens is 1. The van der Waals surface area contributed by atoms with Crippen LogP contribution in [-0.4, -0.2) is 24.2 Å². The lowest BCUT2D eigenvalue weighted by Gasteiger charge is -2.26. The highest BCUT2D eigenvalue weighted by molar-refractivity contribution is 5.93. The molecule has 1 aromatic carbocycles. The Balaban J connectivity index is 2.22. The molecule has 154 valence electrons. The van der Waals surface area contributed by atoms with Crippen molar-refractivity contribution in [3.8, 4) is 11.8 Å². The summed E-state index contributed by atoms with van der Waals surface area (Å²) >= 11 is 0. The molecule has 30 heavy (non-hydrogen) atoms.